The number of carbonyl (C=O) groups excluding carboxylic acids is 1. The molecule has 0 saturated heterocycles. The summed E-state index contributed by atoms with van der Waals surface area (Å²) in [5, 5.41) is 1.11. The van der Waals surface area contributed by atoms with Gasteiger partial charge in [0.2, 0.25) is 0 Å². The van der Waals surface area contributed by atoms with Crippen molar-refractivity contribution in [2.75, 3.05) is 0 Å². The van der Waals surface area contributed by atoms with Crippen molar-refractivity contribution in [1.82, 2.24) is 0 Å². The van der Waals surface area contributed by atoms with Crippen molar-refractivity contribution >= 4 is 49.9 Å². The van der Waals surface area contributed by atoms with Crippen LogP contribution in [0.4, 0.5) is 0 Å². The molecular formula is C35H30ClLiO4P. The zero-order chi connectivity index (χ0) is 28.4. The number of rotatable bonds is 12. The van der Waals surface area contributed by atoms with Crippen molar-refractivity contribution in [1.29, 1.82) is 0 Å². The zero-order valence-corrected chi connectivity index (χ0v) is 25.4. The van der Waals surface area contributed by atoms with Crippen LogP contribution in [-0.4, -0.2) is 24.4 Å². The Hall–Kier alpha value is -3.51. The summed E-state index contributed by atoms with van der Waals surface area (Å²) >= 11 is 6.48. The number of hydrogen-bond donors (Lipinski definition) is 0. The first kappa shape index (κ1) is 31.4. The van der Waals surface area contributed by atoms with E-state index in [4.69, 9.17) is 25.8 Å². The maximum Gasteiger partial charge on any atom is 0.187 e. The number of benzene rings is 5. The molecule has 1 atom stereocenters. The van der Waals surface area contributed by atoms with Crippen LogP contribution in [0.5, 0.6) is 17.2 Å². The van der Waals surface area contributed by atoms with Gasteiger partial charge in [-0.25, -0.2) is 0 Å². The quantitative estimate of drug-likeness (QED) is 0.109. The van der Waals surface area contributed by atoms with E-state index in [2.05, 4.69) is 0 Å². The Morgan fingerprint density at radius 1 is 0.643 bits per heavy atom. The molecule has 4 nitrogen and oxygen atoms in total. The summed E-state index contributed by atoms with van der Waals surface area (Å²) in [6, 6.07) is 39.0. The van der Waals surface area contributed by atoms with Crippen molar-refractivity contribution in [3.05, 3.63) is 154 Å². The molecule has 1 unspecified atom stereocenters. The molecule has 1 radical (unpaired) electrons. The Kier molecular flexibility index (Phi) is 11.7. The van der Waals surface area contributed by atoms with Crippen LogP contribution in [0.15, 0.2) is 121 Å². The summed E-state index contributed by atoms with van der Waals surface area (Å²) in [5.74, 6) is 1.67. The molecular weight excluding hydrogens is 558 g/mol. The predicted molar refractivity (Wildman–Crippen MR) is 173 cm³/mol. The number of hydrogen-bond acceptors (Lipinski definition) is 4. The topological polar surface area (TPSA) is 44.8 Å². The average molecular weight is 588 g/mol. The molecule has 0 N–H and O–H groups in total. The smallest absolute Gasteiger partial charge is 0.187 e. The summed E-state index contributed by atoms with van der Waals surface area (Å²) in [6.45, 7) is 2.94. The summed E-state index contributed by atoms with van der Waals surface area (Å²) in [7, 11) is -0.276. The number of halogens is 1. The van der Waals surface area contributed by atoms with Crippen LogP contribution in [0.1, 0.15) is 32.6 Å². The number of aryl methyl sites for hydroxylation is 1. The number of ether oxygens (including phenoxy) is 3. The molecule has 0 fully saturated rings. The fourth-order valence-electron chi connectivity index (χ4n) is 4.31. The SMILES string of the molecule is Cc1cccc(Cl)c1C(=O)Pc1c(OCc2ccccc2)cc(OCc2ccccc2)cc1OCc1ccccc1.[Li]. The average Bonchev–Trinajstić information content (AvgIpc) is 3.00. The Morgan fingerprint density at radius 2 is 1.10 bits per heavy atom. The van der Waals surface area contributed by atoms with E-state index in [0.717, 1.165) is 22.3 Å². The Labute approximate surface area is 266 Å². The maximum absolute atomic E-state index is 13.7. The van der Waals surface area contributed by atoms with Crippen molar-refractivity contribution in [2.45, 2.75) is 26.7 Å². The van der Waals surface area contributed by atoms with E-state index in [1.165, 1.54) is 0 Å². The molecule has 0 spiro atoms. The largest absolute Gasteiger partial charge is 0.489 e. The standard InChI is InChI=1S/C35H30ClO4P.Li/c1-25-12-11-19-30(36)33(25)35(37)41-34-31(39-23-27-15-7-3-8-16-27)20-29(38-22-26-13-5-2-6-14-26)21-32(34)40-24-28-17-9-4-10-18-28;/h2-21,41H,22-24H2,1H3;. The van der Waals surface area contributed by atoms with E-state index in [0.29, 0.717) is 53.0 Å². The Morgan fingerprint density at radius 3 is 1.55 bits per heavy atom. The molecule has 5 aromatic carbocycles. The third-order valence-electron chi connectivity index (χ3n) is 6.45. The fourth-order valence-corrected chi connectivity index (χ4v) is 5.91. The van der Waals surface area contributed by atoms with Gasteiger partial charge in [-0.2, -0.15) is 0 Å². The second kappa shape index (κ2) is 15.6. The van der Waals surface area contributed by atoms with Gasteiger partial charge in [0.1, 0.15) is 37.1 Å². The van der Waals surface area contributed by atoms with Gasteiger partial charge in [-0.05, 0) is 43.8 Å². The van der Waals surface area contributed by atoms with Gasteiger partial charge < -0.3 is 14.2 Å². The molecule has 0 aliphatic rings. The molecule has 0 heterocycles. The van der Waals surface area contributed by atoms with Gasteiger partial charge in [0.05, 0.1) is 10.3 Å². The normalized spacial score (nSPS) is 10.7. The molecule has 0 amide bonds. The zero-order valence-electron chi connectivity index (χ0n) is 23.7. The van der Waals surface area contributed by atoms with Gasteiger partial charge in [-0.1, -0.05) is 115 Å². The molecule has 0 bridgehead atoms. The van der Waals surface area contributed by atoms with Crippen LogP contribution in [0.3, 0.4) is 0 Å². The molecule has 0 aliphatic carbocycles. The van der Waals surface area contributed by atoms with Gasteiger partial charge in [0.15, 0.2) is 5.52 Å². The molecule has 0 aromatic heterocycles. The van der Waals surface area contributed by atoms with Crippen LogP contribution >= 0.6 is 20.2 Å². The molecule has 7 heteroatoms. The summed E-state index contributed by atoms with van der Waals surface area (Å²) in [5.41, 5.74) is 4.33. The van der Waals surface area contributed by atoms with Crippen molar-refractivity contribution in [3.8, 4) is 17.2 Å². The second-order valence-electron chi connectivity index (χ2n) is 9.50. The molecule has 207 valence electrons. The van der Waals surface area contributed by atoms with E-state index in [9.17, 15) is 4.79 Å². The molecule has 5 aromatic rings. The van der Waals surface area contributed by atoms with E-state index < -0.39 is 0 Å². The van der Waals surface area contributed by atoms with E-state index in [1.807, 2.05) is 122 Å². The van der Waals surface area contributed by atoms with Gasteiger partial charge in [-0.15, -0.1) is 0 Å². The van der Waals surface area contributed by atoms with Gasteiger partial charge in [0, 0.05) is 36.6 Å². The Balaban J connectivity index is 0.00000405. The van der Waals surface area contributed by atoms with E-state index in [-0.39, 0.29) is 33.0 Å². The van der Waals surface area contributed by atoms with Gasteiger partial charge in [0.25, 0.3) is 0 Å². The predicted octanol–water partition coefficient (Wildman–Crippen LogP) is 8.15. The van der Waals surface area contributed by atoms with Crippen LogP contribution in [0.25, 0.3) is 0 Å². The van der Waals surface area contributed by atoms with Crippen molar-refractivity contribution in [3.63, 3.8) is 0 Å². The summed E-state index contributed by atoms with van der Waals surface area (Å²) in [6.07, 6.45) is 0. The summed E-state index contributed by atoms with van der Waals surface area (Å²) < 4.78 is 18.9. The van der Waals surface area contributed by atoms with E-state index >= 15 is 0 Å². The number of carbonyl (C=O) groups is 1. The summed E-state index contributed by atoms with van der Waals surface area (Å²) in [4.78, 5) is 13.7. The van der Waals surface area contributed by atoms with Gasteiger partial charge in [-0.3, -0.25) is 4.79 Å². The Bertz CT molecular complexity index is 1510. The molecule has 0 aliphatic heterocycles. The first-order valence-corrected chi connectivity index (χ1v) is 14.7. The first-order valence-electron chi connectivity index (χ1n) is 13.3. The molecule has 0 saturated carbocycles. The van der Waals surface area contributed by atoms with Crippen molar-refractivity contribution in [2.24, 2.45) is 0 Å². The van der Waals surface area contributed by atoms with Crippen LogP contribution in [0, 0.1) is 6.92 Å². The third kappa shape index (κ3) is 8.51. The van der Waals surface area contributed by atoms with Crippen LogP contribution in [0.2, 0.25) is 5.02 Å². The fraction of sp³-hybridized carbons (Fsp3) is 0.114. The van der Waals surface area contributed by atoms with Crippen molar-refractivity contribution < 1.29 is 19.0 Å². The minimum absolute atomic E-state index is 0. The maximum atomic E-state index is 13.7. The second-order valence-corrected chi connectivity index (χ2v) is 11.1. The van der Waals surface area contributed by atoms with E-state index in [1.54, 1.807) is 6.07 Å². The monoisotopic (exact) mass is 587 g/mol. The van der Waals surface area contributed by atoms with Crippen LogP contribution < -0.4 is 19.5 Å². The minimum atomic E-state index is -0.276. The van der Waals surface area contributed by atoms with Gasteiger partial charge >= 0.3 is 0 Å². The van der Waals surface area contributed by atoms with Crippen LogP contribution in [-0.2, 0) is 19.8 Å². The molecule has 42 heavy (non-hydrogen) atoms. The first-order chi connectivity index (χ1) is 20.1. The molecule has 5 rings (SSSR count). The third-order valence-corrected chi connectivity index (χ3v) is 7.98. The minimum Gasteiger partial charge on any atom is -0.489 e.